The molecule has 0 saturated heterocycles. The lowest BCUT2D eigenvalue weighted by atomic mass is 10.1. The molecule has 0 fully saturated rings. The Morgan fingerprint density at radius 1 is 1.00 bits per heavy atom. The van der Waals surface area contributed by atoms with Gasteiger partial charge in [-0.25, -0.2) is 18.0 Å². The van der Waals surface area contributed by atoms with E-state index in [0.29, 0.717) is 0 Å². The van der Waals surface area contributed by atoms with Crippen LogP contribution in [0, 0.1) is 17.5 Å². The zero-order valence-electron chi connectivity index (χ0n) is 14.9. The van der Waals surface area contributed by atoms with Gasteiger partial charge >= 0.3 is 5.97 Å². The van der Waals surface area contributed by atoms with Crippen molar-refractivity contribution in [1.29, 1.82) is 0 Å². The number of halogens is 3. The summed E-state index contributed by atoms with van der Waals surface area (Å²) in [6, 6.07) is 7.59. The first-order valence-electron chi connectivity index (χ1n) is 8.00. The highest BCUT2D eigenvalue weighted by Gasteiger charge is 2.34. The number of ether oxygens (including phenoxy) is 2. The van der Waals surface area contributed by atoms with Crippen LogP contribution >= 0.6 is 0 Å². The van der Waals surface area contributed by atoms with Crippen molar-refractivity contribution < 1.29 is 32.2 Å². The number of hydrogen-bond donors (Lipinski definition) is 1. The van der Waals surface area contributed by atoms with Crippen molar-refractivity contribution in [2.75, 3.05) is 5.32 Å². The standard InChI is InChI=1S/C19H18F3NO4/c1-11(17(24)23-16-10-13(21)6-9-15(16)22)26-18(25)19(2,3)27-14-7-4-12(20)5-8-14/h4-11H,1-3H3,(H,23,24)/t11-/m1/s1. The molecule has 0 aliphatic heterocycles. The van der Waals surface area contributed by atoms with E-state index in [9.17, 15) is 22.8 Å². The van der Waals surface area contributed by atoms with Gasteiger partial charge in [0.05, 0.1) is 5.69 Å². The summed E-state index contributed by atoms with van der Waals surface area (Å²) in [6.45, 7) is 4.10. The lowest BCUT2D eigenvalue weighted by Gasteiger charge is -2.26. The summed E-state index contributed by atoms with van der Waals surface area (Å²) in [7, 11) is 0. The van der Waals surface area contributed by atoms with Gasteiger partial charge in [-0.15, -0.1) is 0 Å². The Kier molecular flexibility index (Phi) is 6.09. The number of rotatable bonds is 6. The average Bonchev–Trinajstić information content (AvgIpc) is 2.59. The van der Waals surface area contributed by atoms with Crippen LogP contribution in [0.4, 0.5) is 18.9 Å². The number of carbonyl (C=O) groups is 2. The summed E-state index contributed by atoms with van der Waals surface area (Å²) in [5.41, 5.74) is -1.85. The fourth-order valence-electron chi connectivity index (χ4n) is 2.02. The second kappa shape index (κ2) is 8.11. The lowest BCUT2D eigenvalue weighted by Crippen LogP contribution is -2.43. The molecule has 8 heteroatoms. The third kappa shape index (κ3) is 5.47. The van der Waals surface area contributed by atoms with Crippen LogP contribution in [-0.4, -0.2) is 23.6 Å². The van der Waals surface area contributed by atoms with Crippen LogP contribution in [0.1, 0.15) is 20.8 Å². The van der Waals surface area contributed by atoms with Crippen molar-refractivity contribution in [3.63, 3.8) is 0 Å². The molecule has 0 radical (unpaired) electrons. The number of benzene rings is 2. The fraction of sp³-hybridized carbons (Fsp3) is 0.263. The molecule has 0 aliphatic rings. The maximum atomic E-state index is 13.6. The molecule has 1 atom stereocenters. The monoisotopic (exact) mass is 381 g/mol. The predicted molar refractivity (Wildman–Crippen MR) is 91.6 cm³/mol. The maximum Gasteiger partial charge on any atom is 0.350 e. The SMILES string of the molecule is C[C@@H](OC(=O)C(C)(C)Oc1ccc(F)cc1)C(=O)Nc1cc(F)ccc1F. The molecule has 0 saturated carbocycles. The topological polar surface area (TPSA) is 64.6 Å². The van der Waals surface area contributed by atoms with Crippen molar-refractivity contribution in [3.05, 3.63) is 59.9 Å². The van der Waals surface area contributed by atoms with Crippen molar-refractivity contribution >= 4 is 17.6 Å². The summed E-state index contributed by atoms with van der Waals surface area (Å²) < 4.78 is 50.2. The van der Waals surface area contributed by atoms with Crippen molar-refractivity contribution in [3.8, 4) is 5.75 Å². The van der Waals surface area contributed by atoms with Crippen LogP contribution in [0.3, 0.4) is 0 Å². The van der Waals surface area contributed by atoms with Gasteiger partial charge < -0.3 is 14.8 Å². The third-order valence-corrected chi connectivity index (χ3v) is 3.52. The summed E-state index contributed by atoms with van der Waals surface area (Å²) in [6.07, 6.45) is -1.30. The number of carbonyl (C=O) groups excluding carboxylic acids is 2. The van der Waals surface area contributed by atoms with Gasteiger partial charge in [-0.2, -0.15) is 0 Å². The highest BCUT2D eigenvalue weighted by atomic mass is 19.1. The summed E-state index contributed by atoms with van der Waals surface area (Å²) in [5, 5.41) is 2.15. The van der Waals surface area contributed by atoms with E-state index in [2.05, 4.69) is 5.32 Å². The number of esters is 1. The molecular weight excluding hydrogens is 363 g/mol. The van der Waals surface area contributed by atoms with E-state index in [4.69, 9.17) is 9.47 Å². The zero-order valence-corrected chi connectivity index (χ0v) is 14.9. The molecular formula is C19H18F3NO4. The Morgan fingerprint density at radius 2 is 1.59 bits per heavy atom. The van der Waals surface area contributed by atoms with Crippen LogP contribution in [-0.2, 0) is 14.3 Å². The van der Waals surface area contributed by atoms with E-state index in [-0.39, 0.29) is 11.4 Å². The lowest BCUT2D eigenvalue weighted by molar-refractivity contribution is -0.166. The Morgan fingerprint density at radius 3 is 2.22 bits per heavy atom. The second-order valence-electron chi connectivity index (χ2n) is 6.23. The molecule has 0 heterocycles. The van der Waals surface area contributed by atoms with E-state index in [1.54, 1.807) is 0 Å². The number of nitrogens with one attached hydrogen (secondary N) is 1. The van der Waals surface area contributed by atoms with Gasteiger partial charge in [-0.3, -0.25) is 4.79 Å². The molecule has 27 heavy (non-hydrogen) atoms. The van der Waals surface area contributed by atoms with Gasteiger partial charge in [0.15, 0.2) is 11.7 Å². The van der Waals surface area contributed by atoms with Crippen molar-refractivity contribution in [1.82, 2.24) is 0 Å². The number of amides is 1. The van der Waals surface area contributed by atoms with Crippen LogP contribution in [0.15, 0.2) is 42.5 Å². The molecule has 144 valence electrons. The molecule has 0 spiro atoms. The first kappa shape index (κ1) is 20.3. The Hall–Kier alpha value is -3.03. The third-order valence-electron chi connectivity index (χ3n) is 3.52. The minimum Gasteiger partial charge on any atom is -0.476 e. The molecule has 0 aromatic heterocycles. The van der Waals surface area contributed by atoms with E-state index < -0.39 is 41.0 Å². The molecule has 1 N–H and O–H groups in total. The predicted octanol–water partition coefficient (Wildman–Crippen LogP) is 3.83. The highest BCUT2D eigenvalue weighted by molar-refractivity contribution is 5.95. The highest BCUT2D eigenvalue weighted by Crippen LogP contribution is 2.21. The zero-order chi connectivity index (χ0) is 20.2. The Labute approximate surface area is 154 Å². The Bertz CT molecular complexity index is 837. The smallest absolute Gasteiger partial charge is 0.350 e. The first-order chi connectivity index (χ1) is 12.6. The number of hydrogen-bond acceptors (Lipinski definition) is 4. The molecule has 2 aromatic carbocycles. The second-order valence-corrected chi connectivity index (χ2v) is 6.23. The summed E-state index contributed by atoms with van der Waals surface area (Å²) in [4.78, 5) is 24.4. The van der Waals surface area contributed by atoms with Crippen LogP contribution in [0.25, 0.3) is 0 Å². The van der Waals surface area contributed by atoms with E-state index >= 15 is 0 Å². The molecule has 0 bridgehead atoms. The maximum absolute atomic E-state index is 13.6. The molecule has 0 unspecified atom stereocenters. The van der Waals surface area contributed by atoms with Gasteiger partial charge in [-0.05, 0) is 57.2 Å². The van der Waals surface area contributed by atoms with E-state index in [1.807, 2.05) is 0 Å². The first-order valence-corrected chi connectivity index (χ1v) is 8.00. The normalized spacial score (nSPS) is 12.2. The van der Waals surface area contributed by atoms with Crippen LogP contribution in [0.2, 0.25) is 0 Å². The fourth-order valence-corrected chi connectivity index (χ4v) is 2.02. The van der Waals surface area contributed by atoms with Gasteiger partial charge in [0.1, 0.15) is 23.2 Å². The van der Waals surface area contributed by atoms with Gasteiger partial charge in [0, 0.05) is 6.07 Å². The Balaban J connectivity index is 1.99. The van der Waals surface area contributed by atoms with Gasteiger partial charge in [-0.1, -0.05) is 0 Å². The van der Waals surface area contributed by atoms with Crippen LogP contribution < -0.4 is 10.1 Å². The largest absolute Gasteiger partial charge is 0.476 e. The molecule has 2 aromatic rings. The summed E-state index contributed by atoms with van der Waals surface area (Å²) >= 11 is 0. The van der Waals surface area contributed by atoms with Gasteiger partial charge in [0.2, 0.25) is 0 Å². The average molecular weight is 381 g/mol. The molecule has 0 aliphatic carbocycles. The van der Waals surface area contributed by atoms with Crippen molar-refractivity contribution in [2.45, 2.75) is 32.5 Å². The van der Waals surface area contributed by atoms with Crippen molar-refractivity contribution in [2.24, 2.45) is 0 Å². The minimum absolute atomic E-state index is 0.234. The molecule has 1 amide bonds. The minimum atomic E-state index is -1.48. The summed E-state index contributed by atoms with van der Waals surface area (Å²) in [5.74, 6) is -3.50. The van der Waals surface area contributed by atoms with Crippen LogP contribution in [0.5, 0.6) is 5.75 Å². The van der Waals surface area contributed by atoms with E-state index in [0.717, 1.165) is 18.2 Å². The van der Waals surface area contributed by atoms with Gasteiger partial charge in [0.25, 0.3) is 5.91 Å². The van der Waals surface area contributed by atoms with E-state index in [1.165, 1.54) is 45.0 Å². The molecule has 2 rings (SSSR count). The quantitative estimate of drug-likeness (QED) is 0.773. The molecule has 5 nitrogen and oxygen atoms in total. The number of anilines is 1.